The fourth-order valence-electron chi connectivity index (χ4n) is 10.6. The van der Waals surface area contributed by atoms with E-state index in [0.29, 0.717) is 33.8 Å². The Kier molecular flexibility index (Phi) is 10.5. The molecular weight excluding hydrogens is 766 g/mol. The Balaban J connectivity index is 0.739. The summed E-state index contributed by atoms with van der Waals surface area (Å²) in [5, 5.41) is 2.77. The zero-order valence-corrected chi connectivity index (χ0v) is 34.3. The molecule has 4 saturated heterocycles. The van der Waals surface area contributed by atoms with Crippen LogP contribution in [0.1, 0.15) is 94.1 Å². The van der Waals surface area contributed by atoms with Crippen molar-refractivity contribution in [3.8, 4) is 0 Å². The third-order valence-electron chi connectivity index (χ3n) is 14.0. The monoisotopic (exact) mass is 815 g/mol. The SMILES string of the molecule is [C-]#[N+]c1ccc(N2CC3(CCN(c4ccc(C(=O)N5CCC(CN6CCc7cc8c(cc7CC6)C(=O)N(C6CCC(=O)NC6=O)C8=O)CC5)cc4)CC3)C[C@@H]2C)cc1Cl. The Hall–Kier alpha value is -5.25. The molecule has 9 rings (SSSR count). The van der Waals surface area contributed by atoms with Gasteiger partial charge in [0.1, 0.15) is 6.04 Å². The Labute approximate surface area is 350 Å². The number of piperidine rings is 3. The van der Waals surface area contributed by atoms with Crippen LogP contribution in [0.3, 0.4) is 0 Å². The molecule has 0 aromatic heterocycles. The Morgan fingerprint density at radius 2 is 1.47 bits per heavy atom. The largest absolute Gasteiger partial charge is 0.371 e. The summed E-state index contributed by atoms with van der Waals surface area (Å²) in [6.45, 7) is 16.7. The summed E-state index contributed by atoms with van der Waals surface area (Å²) in [5.41, 5.74) is 6.57. The van der Waals surface area contributed by atoms with Crippen LogP contribution in [0.5, 0.6) is 0 Å². The lowest BCUT2D eigenvalue weighted by molar-refractivity contribution is -0.136. The van der Waals surface area contributed by atoms with Gasteiger partial charge in [-0.25, -0.2) is 4.85 Å². The molecule has 59 heavy (non-hydrogen) atoms. The topological polar surface area (TPSA) is 118 Å². The predicted octanol–water partition coefficient (Wildman–Crippen LogP) is 6.13. The van der Waals surface area contributed by atoms with Crippen LogP contribution >= 0.6 is 11.6 Å². The van der Waals surface area contributed by atoms with Gasteiger partial charge in [-0.1, -0.05) is 17.7 Å². The molecule has 1 unspecified atom stereocenters. The van der Waals surface area contributed by atoms with Crippen LogP contribution in [-0.2, 0) is 22.4 Å². The number of hydrogen-bond acceptors (Lipinski definition) is 8. The van der Waals surface area contributed by atoms with E-state index >= 15 is 0 Å². The van der Waals surface area contributed by atoms with Gasteiger partial charge >= 0.3 is 0 Å². The number of hydrogen-bond donors (Lipinski definition) is 1. The molecule has 1 N–H and O–H groups in total. The number of amides is 5. The van der Waals surface area contributed by atoms with Gasteiger partial charge in [-0.2, -0.15) is 0 Å². The van der Waals surface area contributed by atoms with E-state index in [1.54, 1.807) is 0 Å². The van der Waals surface area contributed by atoms with Crippen LogP contribution in [0.2, 0.25) is 5.02 Å². The number of fused-ring (bicyclic) bond motifs is 2. The highest BCUT2D eigenvalue weighted by Gasteiger charge is 2.46. The van der Waals surface area contributed by atoms with E-state index in [4.69, 9.17) is 18.2 Å². The Morgan fingerprint density at radius 1 is 0.831 bits per heavy atom. The van der Waals surface area contributed by atoms with Gasteiger partial charge in [0.15, 0.2) is 0 Å². The molecular formula is C46H50ClN7O5. The fourth-order valence-corrected chi connectivity index (χ4v) is 10.9. The third kappa shape index (κ3) is 7.48. The lowest BCUT2D eigenvalue weighted by atomic mass is 9.76. The van der Waals surface area contributed by atoms with Gasteiger partial charge in [0.2, 0.25) is 17.5 Å². The van der Waals surface area contributed by atoms with Crippen LogP contribution < -0.4 is 15.1 Å². The van der Waals surface area contributed by atoms with E-state index in [1.165, 1.54) is 0 Å². The van der Waals surface area contributed by atoms with Crippen LogP contribution in [0, 0.1) is 17.9 Å². The maximum atomic E-state index is 13.6. The van der Waals surface area contributed by atoms with Crippen molar-refractivity contribution in [1.82, 2.24) is 20.0 Å². The highest BCUT2D eigenvalue weighted by atomic mass is 35.5. The van der Waals surface area contributed by atoms with Crippen molar-refractivity contribution in [2.24, 2.45) is 11.3 Å². The highest BCUT2D eigenvalue weighted by molar-refractivity contribution is 6.33. The second-order valence-corrected chi connectivity index (χ2v) is 18.0. The molecule has 0 bridgehead atoms. The molecule has 0 radical (unpaired) electrons. The van der Waals surface area contributed by atoms with Gasteiger partial charge in [-0.05, 0) is 129 Å². The lowest BCUT2D eigenvalue weighted by Crippen LogP contribution is -2.54. The van der Waals surface area contributed by atoms with Crippen molar-refractivity contribution in [2.45, 2.75) is 76.8 Å². The first kappa shape index (κ1) is 39.2. The number of anilines is 2. The van der Waals surface area contributed by atoms with Crippen molar-refractivity contribution in [3.05, 3.63) is 98.9 Å². The molecule has 6 aliphatic heterocycles. The summed E-state index contributed by atoms with van der Waals surface area (Å²) in [5.74, 6) is -1.33. The van der Waals surface area contributed by atoms with Crippen molar-refractivity contribution in [2.75, 3.05) is 62.2 Å². The predicted molar refractivity (Wildman–Crippen MR) is 225 cm³/mol. The zero-order valence-electron chi connectivity index (χ0n) is 33.6. The quantitative estimate of drug-likeness (QED) is 0.234. The average Bonchev–Trinajstić information content (AvgIpc) is 3.58. The number of halogens is 1. The molecule has 306 valence electrons. The maximum Gasteiger partial charge on any atom is 0.262 e. The summed E-state index contributed by atoms with van der Waals surface area (Å²) < 4.78 is 0. The molecule has 3 aromatic carbocycles. The standard InChI is InChI=1S/C46H50ClN7O5/c1-29-26-46(28-53(29)35-7-8-39(48-2)38(47)25-35)15-21-51(22-16-46)34-5-3-31(4-6-34)43(57)52-19-11-30(12-20-52)27-50-17-13-32-23-36-37(24-33(32)14-18-50)45(59)54(44(36)58)40-9-10-41(55)49-42(40)56/h3-8,23-25,29-30,40H,9-22,26-28H2,1H3,(H,49,55,56)/t29-,40?/m0/s1. The molecule has 0 saturated carbocycles. The first-order valence-corrected chi connectivity index (χ1v) is 21.5. The molecule has 0 aliphatic carbocycles. The number of nitrogens with one attached hydrogen (secondary N) is 1. The molecule has 12 nitrogen and oxygen atoms in total. The van der Waals surface area contributed by atoms with Crippen LogP contribution in [0.25, 0.3) is 4.85 Å². The van der Waals surface area contributed by atoms with Crippen molar-refractivity contribution < 1.29 is 24.0 Å². The number of imide groups is 2. The first-order valence-electron chi connectivity index (χ1n) is 21.2. The van der Waals surface area contributed by atoms with Gasteiger partial charge in [-0.3, -0.25) is 34.2 Å². The van der Waals surface area contributed by atoms with E-state index in [9.17, 15) is 24.0 Å². The summed E-state index contributed by atoms with van der Waals surface area (Å²) in [4.78, 5) is 78.5. The zero-order chi connectivity index (χ0) is 41.0. The van der Waals surface area contributed by atoms with Crippen molar-refractivity contribution in [1.29, 1.82) is 0 Å². The molecule has 13 heteroatoms. The Morgan fingerprint density at radius 3 is 2.08 bits per heavy atom. The lowest BCUT2D eigenvalue weighted by Gasteiger charge is -2.40. The minimum atomic E-state index is -0.962. The van der Waals surface area contributed by atoms with Crippen LogP contribution in [0.15, 0.2) is 54.6 Å². The van der Waals surface area contributed by atoms with E-state index in [-0.39, 0.29) is 30.1 Å². The minimum absolute atomic E-state index is 0.0932. The number of nitrogens with zero attached hydrogens (tertiary/aromatic N) is 6. The number of benzene rings is 3. The maximum absolute atomic E-state index is 13.6. The number of carbonyl (C=O) groups excluding carboxylic acids is 5. The Bertz CT molecular complexity index is 2210. The number of carbonyl (C=O) groups is 5. The highest BCUT2D eigenvalue weighted by Crippen LogP contribution is 2.46. The summed E-state index contributed by atoms with van der Waals surface area (Å²) in [6.07, 6.45) is 7.04. The van der Waals surface area contributed by atoms with Crippen molar-refractivity contribution >= 4 is 58.2 Å². The third-order valence-corrected chi connectivity index (χ3v) is 14.3. The molecule has 3 aromatic rings. The molecule has 1 spiro atoms. The van der Waals surface area contributed by atoms with Crippen LogP contribution in [0.4, 0.5) is 17.1 Å². The fraction of sp³-hybridized carbons (Fsp3) is 0.478. The molecule has 6 aliphatic rings. The van der Waals surface area contributed by atoms with Crippen LogP contribution in [-0.4, -0.2) is 109 Å². The smallest absolute Gasteiger partial charge is 0.262 e. The van der Waals surface area contributed by atoms with E-state index < -0.39 is 23.8 Å². The summed E-state index contributed by atoms with van der Waals surface area (Å²) >= 11 is 6.39. The van der Waals surface area contributed by atoms with E-state index in [0.717, 1.165) is 130 Å². The van der Waals surface area contributed by atoms with E-state index in [1.807, 2.05) is 47.4 Å². The van der Waals surface area contributed by atoms with E-state index in [2.05, 4.69) is 43.9 Å². The average molecular weight is 816 g/mol. The summed E-state index contributed by atoms with van der Waals surface area (Å²) in [6, 6.07) is 17.1. The molecule has 2 atom stereocenters. The van der Waals surface area contributed by atoms with Gasteiger partial charge in [0.25, 0.3) is 17.7 Å². The summed E-state index contributed by atoms with van der Waals surface area (Å²) in [7, 11) is 0. The van der Waals surface area contributed by atoms with Gasteiger partial charge in [-0.15, -0.1) is 0 Å². The molecule has 5 amide bonds. The normalized spacial score (nSPS) is 23.6. The van der Waals surface area contributed by atoms with Gasteiger partial charge < -0.3 is 19.6 Å². The number of rotatable bonds is 6. The van der Waals surface area contributed by atoms with Crippen molar-refractivity contribution in [3.63, 3.8) is 0 Å². The second kappa shape index (κ2) is 15.7. The second-order valence-electron chi connectivity index (χ2n) is 17.6. The van der Waals surface area contributed by atoms with Gasteiger partial charge in [0.05, 0.1) is 17.7 Å². The molecule has 4 fully saturated rings. The van der Waals surface area contributed by atoms with Gasteiger partial charge in [0, 0.05) is 86.8 Å². The molecule has 6 heterocycles. The first-order chi connectivity index (χ1) is 28.5. The minimum Gasteiger partial charge on any atom is -0.371 e. The number of likely N-dealkylation sites (tertiary alicyclic amines) is 1.